The SMILES string of the molecule is CC/C=C/C=C/C=C/C=C/C=C/CCCC(=O)OCC(COC(=O)CCCCCCCCC/C=C/C/C=C/CCCCC)OC(=O)CCCCCCCCCCCCCCCCC. The highest BCUT2D eigenvalue weighted by atomic mass is 16.6. The van der Waals surface area contributed by atoms with Crippen molar-refractivity contribution in [1.82, 2.24) is 0 Å². The summed E-state index contributed by atoms with van der Waals surface area (Å²) in [6, 6.07) is 0. The predicted octanol–water partition coefficient (Wildman–Crippen LogP) is 17.2. The van der Waals surface area contributed by atoms with Gasteiger partial charge in [0.2, 0.25) is 0 Å². The zero-order valence-electron chi connectivity index (χ0n) is 41.1. The standard InChI is InChI=1S/C57H96O6/c1-4-7-10-13-16-19-22-25-27-28-30-32-35-38-41-44-47-50-56(59)62-53-54(52-61-55(58)49-46-43-40-37-34-31-24-21-18-15-12-9-6-3)63-57(60)51-48-45-42-39-36-33-29-26-23-20-17-14-11-8-5-2/h9,12,15-16,18-19,21,24-25,27,31,34,37,40,54H,4-8,10-11,13-14,17,20,22-23,26,28-30,32-33,35-36,38-39,41-53H2,1-3H3/b12-9+,18-15+,19-16+,24-21+,27-25+,34-31+,40-37+. The lowest BCUT2D eigenvalue weighted by molar-refractivity contribution is -0.167. The first kappa shape index (κ1) is 59.6. The summed E-state index contributed by atoms with van der Waals surface area (Å²) in [6.45, 7) is 6.40. The number of rotatable bonds is 46. The Bertz CT molecular complexity index is 1240. The molecule has 1 atom stereocenters. The van der Waals surface area contributed by atoms with Gasteiger partial charge in [-0.2, -0.15) is 0 Å². The van der Waals surface area contributed by atoms with Crippen molar-refractivity contribution in [3.8, 4) is 0 Å². The number of unbranched alkanes of at least 4 members (excludes halogenated alkanes) is 25. The fourth-order valence-electron chi connectivity index (χ4n) is 7.09. The third-order valence-corrected chi connectivity index (χ3v) is 11.0. The van der Waals surface area contributed by atoms with Crippen molar-refractivity contribution in [2.75, 3.05) is 13.2 Å². The van der Waals surface area contributed by atoms with Gasteiger partial charge in [0.05, 0.1) is 0 Å². The Hall–Kier alpha value is -3.41. The van der Waals surface area contributed by atoms with Crippen LogP contribution in [-0.2, 0) is 28.6 Å². The second-order valence-corrected chi connectivity index (χ2v) is 17.2. The summed E-state index contributed by atoms with van der Waals surface area (Å²) >= 11 is 0. The summed E-state index contributed by atoms with van der Waals surface area (Å²) in [5.41, 5.74) is 0. The summed E-state index contributed by atoms with van der Waals surface area (Å²) in [4.78, 5) is 38.0. The van der Waals surface area contributed by atoms with Gasteiger partial charge in [0.25, 0.3) is 0 Å². The van der Waals surface area contributed by atoms with E-state index in [-0.39, 0.29) is 37.5 Å². The Morgan fingerprint density at radius 2 is 0.698 bits per heavy atom. The summed E-state index contributed by atoms with van der Waals surface area (Å²) in [5.74, 6) is -0.984. The molecular formula is C57H96O6. The Labute approximate surface area is 388 Å². The molecular weight excluding hydrogens is 781 g/mol. The third-order valence-electron chi connectivity index (χ3n) is 11.0. The van der Waals surface area contributed by atoms with E-state index in [9.17, 15) is 14.4 Å². The van der Waals surface area contributed by atoms with Crippen LogP contribution in [-0.4, -0.2) is 37.2 Å². The van der Waals surface area contributed by atoms with Crippen LogP contribution in [0.2, 0.25) is 0 Å². The van der Waals surface area contributed by atoms with Gasteiger partial charge in [-0.25, -0.2) is 0 Å². The van der Waals surface area contributed by atoms with E-state index in [1.165, 1.54) is 128 Å². The number of hydrogen-bond acceptors (Lipinski definition) is 6. The molecule has 0 saturated heterocycles. The molecule has 0 aliphatic rings. The first-order chi connectivity index (χ1) is 31.0. The van der Waals surface area contributed by atoms with E-state index in [1.54, 1.807) is 0 Å². The minimum absolute atomic E-state index is 0.102. The van der Waals surface area contributed by atoms with E-state index >= 15 is 0 Å². The molecule has 360 valence electrons. The quantitative estimate of drug-likeness (QED) is 0.0199. The first-order valence-electron chi connectivity index (χ1n) is 26.2. The number of carbonyl (C=O) groups is 3. The topological polar surface area (TPSA) is 78.9 Å². The molecule has 0 bridgehead atoms. The molecule has 6 nitrogen and oxygen atoms in total. The van der Waals surface area contributed by atoms with Crippen LogP contribution >= 0.6 is 0 Å². The van der Waals surface area contributed by atoms with Crippen LogP contribution < -0.4 is 0 Å². The van der Waals surface area contributed by atoms with Crippen molar-refractivity contribution < 1.29 is 28.6 Å². The van der Waals surface area contributed by atoms with E-state index in [4.69, 9.17) is 14.2 Å². The van der Waals surface area contributed by atoms with E-state index in [0.717, 1.165) is 64.2 Å². The first-order valence-corrected chi connectivity index (χ1v) is 26.2. The maximum absolute atomic E-state index is 12.8. The number of carbonyl (C=O) groups excluding carboxylic acids is 3. The molecule has 0 aromatic rings. The Morgan fingerprint density at radius 3 is 1.17 bits per heavy atom. The molecule has 63 heavy (non-hydrogen) atoms. The maximum Gasteiger partial charge on any atom is 0.306 e. The van der Waals surface area contributed by atoms with Crippen LogP contribution in [0.5, 0.6) is 0 Å². The number of allylic oxidation sites excluding steroid dienone is 14. The minimum Gasteiger partial charge on any atom is -0.462 e. The van der Waals surface area contributed by atoms with Gasteiger partial charge in [0.1, 0.15) is 13.2 Å². The highest BCUT2D eigenvalue weighted by Crippen LogP contribution is 2.15. The second-order valence-electron chi connectivity index (χ2n) is 17.2. The van der Waals surface area contributed by atoms with Crippen molar-refractivity contribution in [3.63, 3.8) is 0 Å². The number of esters is 3. The summed E-state index contributed by atoms with van der Waals surface area (Å²) in [6.07, 6.45) is 65.7. The average molecular weight is 877 g/mol. The lowest BCUT2D eigenvalue weighted by Gasteiger charge is -2.18. The lowest BCUT2D eigenvalue weighted by atomic mass is 10.0. The minimum atomic E-state index is -0.806. The molecule has 0 saturated carbocycles. The molecule has 0 aromatic carbocycles. The molecule has 0 radical (unpaired) electrons. The zero-order chi connectivity index (χ0) is 45.8. The van der Waals surface area contributed by atoms with Gasteiger partial charge >= 0.3 is 17.9 Å². The molecule has 0 amide bonds. The number of ether oxygens (including phenoxy) is 3. The zero-order valence-corrected chi connectivity index (χ0v) is 41.1. The summed E-state index contributed by atoms with van der Waals surface area (Å²) < 4.78 is 16.7. The Morgan fingerprint density at radius 1 is 0.349 bits per heavy atom. The summed E-state index contributed by atoms with van der Waals surface area (Å²) in [7, 11) is 0. The fourth-order valence-corrected chi connectivity index (χ4v) is 7.09. The molecule has 6 heteroatoms. The highest BCUT2D eigenvalue weighted by Gasteiger charge is 2.19. The second kappa shape index (κ2) is 51.2. The largest absolute Gasteiger partial charge is 0.462 e. The summed E-state index contributed by atoms with van der Waals surface area (Å²) in [5, 5.41) is 0. The van der Waals surface area contributed by atoms with Gasteiger partial charge in [-0.05, 0) is 64.2 Å². The molecule has 0 rings (SSSR count). The van der Waals surface area contributed by atoms with Crippen molar-refractivity contribution in [2.45, 2.75) is 245 Å². The van der Waals surface area contributed by atoms with Gasteiger partial charge in [0, 0.05) is 19.3 Å². The van der Waals surface area contributed by atoms with Crippen molar-refractivity contribution in [3.05, 3.63) is 85.1 Å². The van der Waals surface area contributed by atoms with E-state index in [2.05, 4.69) is 51.2 Å². The third kappa shape index (κ3) is 49.5. The van der Waals surface area contributed by atoms with Gasteiger partial charge in [0.15, 0.2) is 6.10 Å². The van der Waals surface area contributed by atoms with Crippen LogP contribution in [0.3, 0.4) is 0 Å². The van der Waals surface area contributed by atoms with Gasteiger partial charge in [-0.15, -0.1) is 0 Å². The normalized spacial score (nSPS) is 12.7. The smallest absolute Gasteiger partial charge is 0.306 e. The van der Waals surface area contributed by atoms with Crippen LogP contribution in [0.15, 0.2) is 85.1 Å². The predicted molar refractivity (Wildman–Crippen MR) is 270 cm³/mol. The molecule has 1 unspecified atom stereocenters. The average Bonchev–Trinajstić information content (AvgIpc) is 3.28. The van der Waals surface area contributed by atoms with E-state index < -0.39 is 6.10 Å². The molecule has 0 aromatic heterocycles. The molecule has 0 N–H and O–H groups in total. The number of hydrogen-bond donors (Lipinski definition) is 0. The van der Waals surface area contributed by atoms with Crippen molar-refractivity contribution in [2.24, 2.45) is 0 Å². The van der Waals surface area contributed by atoms with Gasteiger partial charge in [-0.3, -0.25) is 14.4 Å². The van der Waals surface area contributed by atoms with Crippen LogP contribution in [0.25, 0.3) is 0 Å². The molecule has 0 heterocycles. The van der Waals surface area contributed by atoms with Gasteiger partial charge in [-0.1, -0.05) is 241 Å². The molecule has 0 fully saturated rings. The lowest BCUT2D eigenvalue weighted by Crippen LogP contribution is -2.30. The fraction of sp³-hybridized carbons (Fsp3) is 0.702. The Kier molecular flexibility index (Phi) is 48.5. The Balaban J connectivity index is 4.46. The van der Waals surface area contributed by atoms with Crippen molar-refractivity contribution in [1.29, 1.82) is 0 Å². The van der Waals surface area contributed by atoms with E-state index in [0.29, 0.717) is 19.3 Å². The maximum atomic E-state index is 12.8. The van der Waals surface area contributed by atoms with Crippen LogP contribution in [0, 0.1) is 0 Å². The monoisotopic (exact) mass is 877 g/mol. The van der Waals surface area contributed by atoms with E-state index in [1.807, 2.05) is 54.7 Å². The van der Waals surface area contributed by atoms with Gasteiger partial charge < -0.3 is 14.2 Å². The molecule has 0 spiro atoms. The molecule has 0 aliphatic heterocycles. The van der Waals surface area contributed by atoms with Crippen LogP contribution in [0.1, 0.15) is 239 Å². The van der Waals surface area contributed by atoms with Crippen LogP contribution in [0.4, 0.5) is 0 Å². The van der Waals surface area contributed by atoms with Crippen molar-refractivity contribution >= 4 is 17.9 Å². The molecule has 0 aliphatic carbocycles. The highest BCUT2D eigenvalue weighted by molar-refractivity contribution is 5.71.